The normalized spacial score (nSPS) is 19.3. The number of anilines is 1. The number of pyridine rings is 1. The summed E-state index contributed by atoms with van der Waals surface area (Å²) in [5, 5.41) is 0. The van der Waals surface area contributed by atoms with Crippen LogP contribution in [0.4, 0.5) is 10.7 Å². The first kappa shape index (κ1) is 22.2. The molecule has 0 aromatic carbocycles. The predicted octanol–water partition coefficient (Wildman–Crippen LogP) is 3.62. The van der Waals surface area contributed by atoms with Crippen molar-refractivity contribution in [2.45, 2.75) is 58.4 Å². The summed E-state index contributed by atoms with van der Waals surface area (Å²) < 4.78 is 5.39. The zero-order valence-electron chi connectivity index (χ0n) is 19.0. The Hall–Kier alpha value is -3.03. The van der Waals surface area contributed by atoms with Gasteiger partial charge in [0.2, 0.25) is 5.95 Å². The number of carbonyl (C=O) groups excluding carboxylic acids is 2. The lowest BCUT2D eigenvalue weighted by Crippen LogP contribution is -2.42. The van der Waals surface area contributed by atoms with E-state index in [1.807, 2.05) is 19.1 Å². The SMILES string of the molecule is CCOc1cnc(N2C[C@H]([C@@H](C)CC)N(CC(=O)Cc3cc(C4CC4)ccn3)C2=O)nc1. The molecule has 4 rings (SSSR count). The third-order valence-electron chi connectivity index (χ3n) is 6.33. The van der Waals surface area contributed by atoms with Gasteiger partial charge in [-0.2, -0.15) is 0 Å². The lowest BCUT2D eigenvalue weighted by molar-refractivity contribution is -0.119. The van der Waals surface area contributed by atoms with Gasteiger partial charge in [0.05, 0.1) is 44.6 Å². The lowest BCUT2D eigenvalue weighted by atomic mass is 9.98. The molecule has 0 radical (unpaired) electrons. The lowest BCUT2D eigenvalue weighted by Gasteiger charge is -2.26. The number of aromatic nitrogens is 3. The van der Waals surface area contributed by atoms with Gasteiger partial charge in [0.25, 0.3) is 0 Å². The molecular formula is C24H31N5O3. The molecule has 2 fully saturated rings. The summed E-state index contributed by atoms with van der Waals surface area (Å²) in [6.45, 7) is 7.15. The van der Waals surface area contributed by atoms with Gasteiger partial charge >= 0.3 is 6.03 Å². The van der Waals surface area contributed by atoms with Gasteiger partial charge < -0.3 is 9.64 Å². The first-order valence-electron chi connectivity index (χ1n) is 11.5. The zero-order chi connectivity index (χ0) is 22.7. The van der Waals surface area contributed by atoms with Crippen LogP contribution in [0.25, 0.3) is 0 Å². The monoisotopic (exact) mass is 437 g/mol. The molecule has 2 atom stereocenters. The van der Waals surface area contributed by atoms with E-state index in [0.29, 0.717) is 30.8 Å². The molecule has 8 heteroatoms. The molecule has 170 valence electrons. The van der Waals surface area contributed by atoms with Crippen molar-refractivity contribution in [3.8, 4) is 5.75 Å². The van der Waals surface area contributed by atoms with Gasteiger partial charge in [-0.1, -0.05) is 20.3 Å². The standard InChI is InChI=1S/C24H31N5O3/c1-4-16(3)22-15-29(23-26-12-21(13-27-23)32-5-2)24(31)28(22)14-20(30)11-19-10-18(8-9-25-19)17-6-7-17/h8-10,12-13,16-17,22H,4-7,11,14-15H2,1-3H3/t16-,22+/m0/s1. The summed E-state index contributed by atoms with van der Waals surface area (Å²) in [6, 6.07) is 3.77. The van der Waals surface area contributed by atoms with Crippen LogP contribution in [0.2, 0.25) is 0 Å². The number of ketones is 1. The molecule has 32 heavy (non-hydrogen) atoms. The number of rotatable bonds is 10. The Morgan fingerprint density at radius 3 is 2.62 bits per heavy atom. The Kier molecular flexibility index (Phi) is 6.67. The predicted molar refractivity (Wildman–Crippen MR) is 121 cm³/mol. The minimum atomic E-state index is -0.229. The summed E-state index contributed by atoms with van der Waals surface area (Å²) in [4.78, 5) is 42.4. The number of amides is 2. The average Bonchev–Trinajstić information content (AvgIpc) is 3.60. The number of carbonyl (C=O) groups is 2. The van der Waals surface area contributed by atoms with E-state index >= 15 is 0 Å². The Bertz CT molecular complexity index is 960. The number of ether oxygens (including phenoxy) is 1. The van der Waals surface area contributed by atoms with E-state index in [1.165, 1.54) is 18.4 Å². The van der Waals surface area contributed by atoms with Crippen molar-refractivity contribution in [2.24, 2.45) is 5.92 Å². The molecule has 2 aromatic heterocycles. The van der Waals surface area contributed by atoms with Crippen molar-refractivity contribution in [2.75, 3.05) is 24.6 Å². The average molecular weight is 438 g/mol. The summed E-state index contributed by atoms with van der Waals surface area (Å²) in [5.41, 5.74) is 2.04. The smallest absolute Gasteiger partial charge is 0.327 e. The van der Waals surface area contributed by atoms with Crippen molar-refractivity contribution in [1.82, 2.24) is 19.9 Å². The molecule has 0 N–H and O–H groups in total. The maximum absolute atomic E-state index is 13.3. The van der Waals surface area contributed by atoms with E-state index in [9.17, 15) is 9.59 Å². The van der Waals surface area contributed by atoms with Gasteiger partial charge in [-0.15, -0.1) is 0 Å². The van der Waals surface area contributed by atoms with Crippen molar-refractivity contribution < 1.29 is 14.3 Å². The fraction of sp³-hybridized carbons (Fsp3) is 0.542. The number of Topliss-reactive ketones (excluding diaryl/α,β-unsaturated/α-hetero) is 1. The zero-order valence-corrected chi connectivity index (χ0v) is 19.0. The fourth-order valence-electron chi connectivity index (χ4n) is 4.17. The summed E-state index contributed by atoms with van der Waals surface area (Å²) in [7, 11) is 0. The summed E-state index contributed by atoms with van der Waals surface area (Å²) in [6.07, 6.45) is 8.49. The molecule has 0 bridgehead atoms. The maximum Gasteiger partial charge on any atom is 0.327 e. The van der Waals surface area contributed by atoms with Crippen LogP contribution in [0.5, 0.6) is 5.75 Å². The van der Waals surface area contributed by atoms with Gasteiger partial charge in [0.1, 0.15) is 0 Å². The molecule has 2 aromatic rings. The van der Waals surface area contributed by atoms with Crippen LogP contribution in [0, 0.1) is 5.92 Å². The van der Waals surface area contributed by atoms with Crippen LogP contribution >= 0.6 is 0 Å². The molecule has 0 unspecified atom stereocenters. The van der Waals surface area contributed by atoms with E-state index in [0.717, 1.165) is 12.1 Å². The van der Waals surface area contributed by atoms with Crippen LogP contribution < -0.4 is 9.64 Å². The van der Waals surface area contributed by atoms with Crippen molar-refractivity contribution >= 4 is 17.8 Å². The summed E-state index contributed by atoms with van der Waals surface area (Å²) in [5.74, 6) is 1.75. The van der Waals surface area contributed by atoms with Crippen LogP contribution in [0.1, 0.15) is 57.2 Å². The third kappa shape index (κ3) is 4.89. The van der Waals surface area contributed by atoms with Crippen molar-refractivity contribution in [1.29, 1.82) is 0 Å². The highest BCUT2D eigenvalue weighted by Crippen LogP contribution is 2.40. The van der Waals surface area contributed by atoms with Crippen LogP contribution in [-0.4, -0.2) is 57.4 Å². The van der Waals surface area contributed by atoms with E-state index < -0.39 is 0 Å². The van der Waals surface area contributed by atoms with Gasteiger partial charge in [-0.25, -0.2) is 14.8 Å². The maximum atomic E-state index is 13.3. The van der Waals surface area contributed by atoms with E-state index in [1.54, 1.807) is 28.4 Å². The van der Waals surface area contributed by atoms with Gasteiger partial charge in [-0.3, -0.25) is 14.7 Å². The molecular weight excluding hydrogens is 406 g/mol. The molecule has 0 spiro atoms. The van der Waals surface area contributed by atoms with Crippen LogP contribution in [0.3, 0.4) is 0 Å². The molecule has 2 aliphatic rings. The first-order valence-corrected chi connectivity index (χ1v) is 11.5. The molecule has 1 saturated carbocycles. The third-order valence-corrected chi connectivity index (χ3v) is 6.33. The topological polar surface area (TPSA) is 88.5 Å². The highest BCUT2D eigenvalue weighted by molar-refractivity contribution is 5.96. The Labute approximate surface area is 189 Å². The first-order chi connectivity index (χ1) is 15.5. The van der Waals surface area contributed by atoms with Crippen molar-refractivity contribution in [3.63, 3.8) is 0 Å². The Morgan fingerprint density at radius 1 is 1.22 bits per heavy atom. The minimum Gasteiger partial charge on any atom is -0.491 e. The molecule has 3 heterocycles. The molecule has 8 nitrogen and oxygen atoms in total. The second kappa shape index (κ2) is 9.63. The molecule has 1 saturated heterocycles. The second-order valence-corrected chi connectivity index (χ2v) is 8.70. The number of urea groups is 1. The largest absolute Gasteiger partial charge is 0.491 e. The fourth-order valence-corrected chi connectivity index (χ4v) is 4.17. The van der Waals surface area contributed by atoms with E-state index in [-0.39, 0.29) is 36.7 Å². The van der Waals surface area contributed by atoms with Crippen LogP contribution in [0.15, 0.2) is 30.7 Å². The number of hydrogen-bond donors (Lipinski definition) is 0. The highest BCUT2D eigenvalue weighted by Gasteiger charge is 2.42. The summed E-state index contributed by atoms with van der Waals surface area (Å²) >= 11 is 0. The second-order valence-electron chi connectivity index (χ2n) is 8.70. The van der Waals surface area contributed by atoms with Gasteiger partial charge in [0.15, 0.2) is 11.5 Å². The Morgan fingerprint density at radius 2 is 1.97 bits per heavy atom. The van der Waals surface area contributed by atoms with Crippen molar-refractivity contribution in [3.05, 3.63) is 42.0 Å². The van der Waals surface area contributed by atoms with E-state index in [2.05, 4.69) is 28.8 Å². The van der Waals surface area contributed by atoms with Gasteiger partial charge in [-0.05, 0) is 49.3 Å². The molecule has 1 aliphatic heterocycles. The molecule has 1 aliphatic carbocycles. The number of nitrogens with zero attached hydrogens (tertiary/aromatic N) is 5. The van der Waals surface area contributed by atoms with Crippen LogP contribution in [-0.2, 0) is 11.2 Å². The quantitative estimate of drug-likeness (QED) is 0.564. The van der Waals surface area contributed by atoms with E-state index in [4.69, 9.17) is 4.74 Å². The number of hydrogen-bond acceptors (Lipinski definition) is 6. The molecule has 2 amide bonds. The highest BCUT2D eigenvalue weighted by atomic mass is 16.5. The van der Waals surface area contributed by atoms with Gasteiger partial charge in [0, 0.05) is 11.9 Å². The minimum absolute atomic E-state index is 0.0124. The Balaban J connectivity index is 1.47.